The summed E-state index contributed by atoms with van der Waals surface area (Å²) in [4.78, 5) is 2.01. The third-order valence-electron chi connectivity index (χ3n) is 3.96. The van der Waals surface area contributed by atoms with Crippen molar-refractivity contribution in [3.8, 4) is 5.75 Å². The van der Waals surface area contributed by atoms with E-state index in [1.807, 2.05) is 37.2 Å². The molecule has 24 heavy (non-hydrogen) atoms. The Kier molecular flexibility index (Phi) is 3.85. The van der Waals surface area contributed by atoms with Gasteiger partial charge in [-0.3, -0.25) is 0 Å². The van der Waals surface area contributed by atoms with E-state index in [2.05, 4.69) is 0 Å². The zero-order valence-electron chi connectivity index (χ0n) is 13.4. The second-order valence-corrected chi connectivity index (χ2v) is 7.60. The van der Waals surface area contributed by atoms with Crippen molar-refractivity contribution in [1.82, 2.24) is 0 Å². The van der Waals surface area contributed by atoms with Gasteiger partial charge in [0.25, 0.3) is 0 Å². The molecule has 3 aromatic rings. The van der Waals surface area contributed by atoms with E-state index in [-0.39, 0.29) is 21.2 Å². The molecule has 0 aliphatic carbocycles. The lowest BCUT2D eigenvalue weighted by atomic mass is 10.1. The molecule has 0 heterocycles. The highest BCUT2D eigenvalue weighted by Gasteiger charge is 2.24. The molecule has 0 unspecified atom stereocenters. The quantitative estimate of drug-likeness (QED) is 0.565. The predicted molar refractivity (Wildman–Crippen MR) is 96.2 cm³/mol. The number of nitrogens with two attached hydrogens (primary N) is 1. The number of aromatic hydroxyl groups is 1. The monoisotopic (exact) mass is 342 g/mol. The number of benzene rings is 3. The van der Waals surface area contributed by atoms with Crippen molar-refractivity contribution < 1.29 is 13.5 Å². The van der Waals surface area contributed by atoms with Gasteiger partial charge in [0.15, 0.2) is 0 Å². The number of para-hydroxylation sites is 1. The van der Waals surface area contributed by atoms with E-state index in [9.17, 15) is 13.5 Å². The SMILES string of the molecule is CN(C)c1cccc2c(S(=O)(=O)c3cccc(O)c3N)cccc12. The van der Waals surface area contributed by atoms with Crippen LogP contribution in [0.15, 0.2) is 64.4 Å². The van der Waals surface area contributed by atoms with E-state index in [0.717, 1.165) is 11.1 Å². The Labute approximate surface area is 140 Å². The van der Waals surface area contributed by atoms with Crippen LogP contribution in [0, 0.1) is 0 Å². The maximum Gasteiger partial charge on any atom is 0.209 e. The zero-order valence-corrected chi connectivity index (χ0v) is 14.2. The van der Waals surface area contributed by atoms with Crippen molar-refractivity contribution in [1.29, 1.82) is 0 Å². The summed E-state index contributed by atoms with van der Waals surface area (Å²) in [6, 6.07) is 14.9. The smallest absolute Gasteiger partial charge is 0.209 e. The second kappa shape index (κ2) is 5.72. The number of phenolic OH excluding ortho intramolecular Hbond substituents is 1. The van der Waals surface area contributed by atoms with Crippen LogP contribution in [0.5, 0.6) is 5.75 Å². The summed E-state index contributed by atoms with van der Waals surface area (Å²) in [5.41, 5.74) is 6.57. The summed E-state index contributed by atoms with van der Waals surface area (Å²) in [6.07, 6.45) is 0. The minimum atomic E-state index is -3.86. The minimum Gasteiger partial charge on any atom is -0.506 e. The number of rotatable bonds is 3. The van der Waals surface area contributed by atoms with Gasteiger partial charge in [-0.15, -0.1) is 0 Å². The average Bonchev–Trinajstić information content (AvgIpc) is 2.55. The van der Waals surface area contributed by atoms with E-state index >= 15 is 0 Å². The van der Waals surface area contributed by atoms with Crippen molar-refractivity contribution >= 4 is 32.0 Å². The highest BCUT2D eigenvalue weighted by molar-refractivity contribution is 7.92. The summed E-state index contributed by atoms with van der Waals surface area (Å²) in [7, 11) is -0.0529. The van der Waals surface area contributed by atoms with Crippen molar-refractivity contribution in [2.45, 2.75) is 9.79 Å². The number of sulfone groups is 1. The van der Waals surface area contributed by atoms with Crippen molar-refractivity contribution in [3.05, 3.63) is 54.6 Å². The predicted octanol–water partition coefficient (Wildman–Crippen LogP) is 3.03. The number of phenols is 1. The van der Waals surface area contributed by atoms with Crippen molar-refractivity contribution in [2.75, 3.05) is 24.7 Å². The van der Waals surface area contributed by atoms with Gasteiger partial charge >= 0.3 is 0 Å². The molecular formula is C18H18N2O3S. The van der Waals surface area contributed by atoms with Gasteiger partial charge in [0.1, 0.15) is 5.75 Å². The normalized spacial score (nSPS) is 11.6. The van der Waals surface area contributed by atoms with Crippen molar-refractivity contribution in [2.24, 2.45) is 0 Å². The lowest BCUT2D eigenvalue weighted by Gasteiger charge is -2.17. The molecule has 0 fully saturated rings. The molecule has 6 heteroatoms. The molecule has 124 valence electrons. The fraction of sp³-hybridized carbons (Fsp3) is 0.111. The molecule has 0 atom stereocenters. The molecule has 3 rings (SSSR count). The fourth-order valence-electron chi connectivity index (χ4n) is 2.77. The van der Waals surface area contributed by atoms with Crippen LogP contribution in [0.1, 0.15) is 0 Å². The molecule has 0 saturated heterocycles. The molecule has 0 amide bonds. The average molecular weight is 342 g/mol. The molecule has 0 aliphatic heterocycles. The van der Waals surface area contributed by atoms with Crippen LogP contribution >= 0.6 is 0 Å². The Balaban J connectivity index is 2.34. The molecule has 3 aromatic carbocycles. The van der Waals surface area contributed by atoms with Crippen LogP contribution in [0.25, 0.3) is 10.8 Å². The Morgan fingerprint density at radius 1 is 0.875 bits per heavy atom. The van der Waals surface area contributed by atoms with Gasteiger partial charge in [0, 0.05) is 30.6 Å². The largest absolute Gasteiger partial charge is 0.506 e. The Morgan fingerprint density at radius 2 is 1.46 bits per heavy atom. The molecule has 3 N–H and O–H groups in total. The van der Waals surface area contributed by atoms with Gasteiger partial charge in [-0.2, -0.15) is 0 Å². The number of nitrogens with zero attached hydrogens (tertiary/aromatic N) is 1. The highest BCUT2D eigenvalue weighted by atomic mass is 32.2. The van der Waals surface area contributed by atoms with E-state index < -0.39 is 9.84 Å². The van der Waals surface area contributed by atoms with E-state index in [1.54, 1.807) is 18.2 Å². The summed E-state index contributed by atoms with van der Waals surface area (Å²) < 4.78 is 26.2. The van der Waals surface area contributed by atoms with Gasteiger partial charge in [0.05, 0.1) is 15.5 Å². The molecule has 0 aliphatic rings. The Bertz CT molecular complexity index is 1030. The van der Waals surface area contributed by atoms with Gasteiger partial charge in [-0.1, -0.05) is 30.3 Å². The number of hydrogen-bond donors (Lipinski definition) is 2. The topological polar surface area (TPSA) is 83.6 Å². The molecule has 0 bridgehead atoms. The first-order chi connectivity index (χ1) is 11.3. The first-order valence-corrected chi connectivity index (χ1v) is 8.84. The first-order valence-electron chi connectivity index (χ1n) is 7.35. The van der Waals surface area contributed by atoms with E-state index in [1.165, 1.54) is 18.2 Å². The fourth-order valence-corrected chi connectivity index (χ4v) is 4.39. The lowest BCUT2D eigenvalue weighted by Crippen LogP contribution is -2.10. The number of hydrogen-bond acceptors (Lipinski definition) is 5. The summed E-state index contributed by atoms with van der Waals surface area (Å²) in [5, 5.41) is 11.2. The van der Waals surface area contributed by atoms with E-state index in [4.69, 9.17) is 5.73 Å². The second-order valence-electron chi connectivity index (χ2n) is 5.72. The number of fused-ring (bicyclic) bond motifs is 1. The Morgan fingerprint density at radius 3 is 2.17 bits per heavy atom. The molecule has 0 spiro atoms. The third-order valence-corrected chi connectivity index (χ3v) is 5.83. The van der Waals surface area contributed by atoms with Crippen LogP contribution < -0.4 is 10.6 Å². The summed E-state index contributed by atoms with van der Waals surface area (Å²) in [6.45, 7) is 0. The molecule has 5 nitrogen and oxygen atoms in total. The summed E-state index contributed by atoms with van der Waals surface area (Å²) >= 11 is 0. The molecule has 0 saturated carbocycles. The van der Waals surface area contributed by atoms with E-state index in [0.29, 0.717) is 5.39 Å². The van der Waals surface area contributed by atoms with Gasteiger partial charge in [0.2, 0.25) is 9.84 Å². The number of nitrogen functional groups attached to an aromatic ring is 1. The third kappa shape index (κ3) is 2.45. The maximum absolute atomic E-state index is 13.1. The van der Waals surface area contributed by atoms with Crippen LogP contribution in [-0.4, -0.2) is 27.6 Å². The molecule has 0 aromatic heterocycles. The number of anilines is 2. The standard InChI is InChI=1S/C18H18N2O3S/c1-20(2)14-8-3-7-13-12(14)6-4-10-16(13)24(22,23)17-11-5-9-15(21)18(17)19/h3-11,21H,19H2,1-2H3. The molecule has 0 radical (unpaired) electrons. The van der Waals surface area contributed by atoms with Gasteiger partial charge in [-0.05, 0) is 24.3 Å². The van der Waals surface area contributed by atoms with Crippen LogP contribution in [0.4, 0.5) is 11.4 Å². The van der Waals surface area contributed by atoms with Crippen LogP contribution in [0.2, 0.25) is 0 Å². The zero-order chi connectivity index (χ0) is 17.5. The van der Waals surface area contributed by atoms with Crippen LogP contribution in [-0.2, 0) is 9.84 Å². The first kappa shape index (κ1) is 16.1. The minimum absolute atomic E-state index is 0.0924. The highest BCUT2D eigenvalue weighted by Crippen LogP contribution is 2.36. The molecular weight excluding hydrogens is 324 g/mol. The Hall–Kier alpha value is -2.73. The maximum atomic E-state index is 13.1. The van der Waals surface area contributed by atoms with Gasteiger partial charge < -0.3 is 15.7 Å². The van der Waals surface area contributed by atoms with Crippen LogP contribution in [0.3, 0.4) is 0 Å². The van der Waals surface area contributed by atoms with Gasteiger partial charge in [-0.25, -0.2) is 8.42 Å². The summed E-state index contributed by atoms with van der Waals surface area (Å²) in [5.74, 6) is -0.245. The lowest BCUT2D eigenvalue weighted by molar-refractivity contribution is 0.476. The van der Waals surface area contributed by atoms with Crippen molar-refractivity contribution in [3.63, 3.8) is 0 Å².